The van der Waals surface area contributed by atoms with Gasteiger partial charge in [-0.05, 0) is 6.42 Å². The van der Waals surface area contributed by atoms with E-state index in [1.54, 1.807) is 0 Å². The summed E-state index contributed by atoms with van der Waals surface area (Å²) >= 11 is 0. The first-order valence-electron chi connectivity index (χ1n) is 6.46. The number of aromatic amines is 1. The van der Waals surface area contributed by atoms with Gasteiger partial charge in [-0.25, -0.2) is 4.79 Å². The second-order valence-electron chi connectivity index (χ2n) is 6.08. The first-order valence-corrected chi connectivity index (χ1v) is 6.46. The first-order chi connectivity index (χ1) is 9.33. The molecule has 6 heteroatoms. The maximum Gasteiger partial charge on any atom is 0.328 e. The number of terminal acetylenes is 1. The predicted octanol–water partition coefficient (Wildman–Crippen LogP) is -0.766. The molecule has 0 aliphatic heterocycles. The summed E-state index contributed by atoms with van der Waals surface area (Å²) in [6, 6.07) is 0.918. The highest BCUT2D eigenvalue weighted by Gasteiger charge is 2.81. The number of aliphatic hydroxyl groups excluding tert-OH is 1. The molecule has 6 nitrogen and oxygen atoms in total. The van der Waals surface area contributed by atoms with E-state index in [0.29, 0.717) is 6.42 Å². The predicted molar refractivity (Wildman–Crippen MR) is 71.0 cm³/mol. The van der Waals surface area contributed by atoms with Gasteiger partial charge in [-0.3, -0.25) is 14.3 Å². The quantitative estimate of drug-likeness (QED) is 0.618. The smallest absolute Gasteiger partial charge is 0.328 e. The molecule has 2 saturated carbocycles. The third-order valence-corrected chi connectivity index (χ3v) is 5.35. The molecule has 0 unspecified atom stereocenters. The van der Waals surface area contributed by atoms with Gasteiger partial charge < -0.3 is 10.2 Å². The molecule has 106 valence electrons. The van der Waals surface area contributed by atoms with Gasteiger partial charge in [0.25, 0.3) is 5.56 Å². The monoisotopic (exact) mass is 276 g/mol. The fraction of sp³-hybridized carbons (Fsp3) is 0.571. The summed E-state index contributed by atoms with van der Waals surface area (Å²) < 4.78 is 1.40. The summed E-state index contributed by atoms with van der Waals surface area (Å²) in [5.74, 6) is 2.39. The molecular weight excluding hydrogens is 260 g/mol. The Balaban J connectivity index is 2.13. The average Bonchev–Trinajstić information content (AvgIpc) is 3.00. The zero-order valence-electron chi connectivity index (χ0n) is 11.1. The van der Waals surface area contributed by atoms with Crippen LogP contribution < -0.4 is 11.2 Å². The lowest BCUT2D eigenvalue weighted by Gasteiger charge is -2.27. The number of H-pyrrole nitrogens is 1. The third kappa shape index (κ3) is 1.27. The van der Waals surface area contributed by atoms with Crippen LogP contribution in [0.15, 0.2) is 21.9 Å². The van der Waals surface area contributed by atoms with Crippen molar-refractivity contribution in [1.29, 1.82) is 0 Å². The average molecular weight is 276 g/mol. The van der Waals surface area contributed by atoms with Crippen molar-refractivity contribution in [3.63, 3.8) is 0 Å². The molecule has 0 spiro atoms. The van der Waals surface area contributed by atoms with Gasteiger partial charge >= 0.3 is 5.69 Å². The van der Waals surface area contributed by atoms with E-state index < -0.39 is 27.7 Å². The second-order valence-corrected chi connectivity index (χ2v) is 6.08. The molecular formula is C14H16N2O4. The van der Waals surface area contributed by atoms with Gasteiger partial charge in [-0.2, -0.15) is 0 Å². The Kier molecular flexibility index (Phi) is 2.38. The minimum Gasteiger partial charge on any atom is -0.396 e. The summed E-state index contributed by atoms with van der Waals surface area (Å²) in [6.45, 7) is 1.68. The van der Waals surface area contributed by atoms with Crippen molar-refractivity contribution in [2.45, 2.75) is 31.4 Å². The lowest BCUT2D eigenvalue weighted by atomic mass is 9.85. The summed E-state index contributed by atoms with van der Waals surface area (Å²) in [6.07, 6.45) is 7.60. The molecule has 0 amide bonds. The van der Waals surface area contributed by atoms with Crippen LogP contribution in [0.5, 0.6) is 0 Å². The highest BCUT2D eigenvalue weighted by molar-refractivity contribution is 5.37. The maximum absolute atomic E-state index is 11.9. The molecule has 1 aromatic rings. The van der Waals surface area contributed by atoms with Crippen LogP contribution in [0.25, 0.3) is 0 Å². The molecule has 1 heterocycles. The van der Waals surface area contributed by atoms with Gasteiger partial charge in [-0.15, -0.1) is 6.42 Å². The van der Waals surface area contributed by atoms with Crippen LogP contribution in [0.4, 0.5) is 0 Å². The van der Waals surface area contributed by atoms with Crippen molar-refractivity contribution in [3.8, 4) is 12.3 Å². The van der Waals surface area contributed by atoms with Crippen LogP contribution in [0.3, 0.4) is 0 Å². The number of fused-ring (bicyclic) bond motifs is 1. The Morgan fingerprint density at radius 1 is 1.60 bits per heavy atom. The number of hydrogen-bond acceptors (Lipinski definition) is 4. The number of nitrogens with zero attached hydrogens (tertiary/aromatic N) is 1. The Morgan fingerprint density at radius 2 is 2.30 bits per heavy atom. The Morgan fingerprint density at radius 3 is 2.80 bits per heavy atom. The van der Waals surface area contributed by atoms with Crippen molar-refractivity contribution in [3.05, 3.63) is 33.1 Å². The lowest BCUT2D eigenvalue weighted by Crippen LogP contribution is -2.39. The van der Waals surface area contributed by atoms with Crippen molar-refractivity contribution in [2.75, 3.05) is 6.61 Å². The van der Waals surface area contributed by atoms with Crippen LogP contribution in [-0.2, 0) is 0 Å². The number of hydrogen-bond donors (Lipinski definition) is 3. The number of rotatable bonds is 2. The van der Waals surface area contributed by atoms with Crippen LogP contribution in [0.2, 0.25) is 0 Å². The fourth-order valence-electron chi connectivity index (χ4n) is 3.98. The van der Waals surface area contributed by atoms with Crippen LogP contribution in [-0.4, -0.2) is 32.0 Å². The second kappa shape index (κ2) is 3.62. The van der Waals surface area contributed by atoms with Crippen LogP contribution >= 0.6 is 0 Å². The van der Waals surface area contributed by atoms with Crippen LogP contribution in [0, 0.1) is 23.2 Å². The number of aromatic nitrogens is 2. The lowest BCUT2D eigenvalue weighted by molar-refractivity contribution is -0.00180. The summed E-state index contributed by atoms with van der Waals surface area (Å²) in [7, 11) is 0. The number of nitrogens with one attached hydrogen (secondary N) is 1. The molecule has 2 fully saturated rings. The van der Waals surface area contributed by atoms with E-state index in [9.17, 15) is 19.8 Å². The Hall–Kier alpha value is -1.84. The molecule has 20 heavy (non-hydrogen) atoms. The van der Waals surface area contributed by atoms with Crippen molar-refractivity contribution < 1.29 is 10.2 Å². The molecule has 4 atom stereocenters. The van der Waals surface area contributed by atoms with E-state index >= 15 is 0 Å². The largest absolute Gasteiger partial charge is 0.396 e. The normalized spacial score (nSPS) is 42.0. The van der Waals surface area contributed by atoms with E-state index in [2.05, 4.69) is 10.9 Å². The van der Waals surface area contributed by atoms with Gasteiger partial charge in [0, 0.05) is 35.6 Å². The molecule has 3 rings (SSSR count). The standard InChI is InChI=1S/C14H16N2O4/c1-3-14(20)6-9(12(2)7-13(12,14)8-17)16-5-4-10(18)15-11(16)19/h1,4-5,9,17,20H,6-8H2,2H3,(H,15,18,19)/t9-,12+,13-,14-/m0/s1. The van der Waals surface area contributed by atoms with Crippen molar-refractivity contribution in [1.82, 2.24) is 9.55 Å². The van der Waals surface area contributed by atoms with E-state index in [1.807, 2.05) is 6.92 Å². The molecule has 2 aliphatic rings. The SMILES string of the molecule is C#C[C@]1(O)C[C@H](n2ccc(=O)[nH]c2=O)[C@@]2(C)C[C@@]12CO. The summed E-state index contributed by atoms with van der Waals surface area (Å²) in [5, 5.41) is 20.3. The molecule has 2 aliphatic carbocycles. The third-order valence-electron chi connectivity index (χ3n) is 5.35. The van der Waals surface area contributed by atoms with E-state index in [4.69, 9.17) is 6.42 Å². The zero-order chi connectivity index (χ0) is 14.8. The zero-order valence-corrected chi connectivity index (χ0v) is 11.1. The molecule has 0 saturated heterocycles. The van der Waals surface area contributed by atoms with Crippen LogP contribution in [0.1, 0.15) is 25.8 Å². The molecule has 0 bridgehead atoms. The summed E-state index contributed by atoms with van der Waals surface area (Å²) in [4.78, 5) is 25.3. The molecule has 0 radical (unpaired) electrons. The Labute approximate surface area is 115 Å². The topological polar surface area (TPSA) is 95.3 Å². The van der Waals surface area contributed by atoms with Gasteiger partial charge in [0.2, 0.25) is 0 Å². The minimum atomic E-state index is -1.43. The van der Waals surface area contributed by atoms with E-state index in [-0.39, 0.29) is 19.1 Å². The molecule has 1 aromatic heterocycles. The van der Waals surface area contributed by atoms with Gasteiger partial charge in [-0.1, -0.05) is 12.8 Å². The molecule has 0 aromatic carbocycles. The maximum atomic E-state index is 11.9. The fourth-order valence-corrected chi connectivity index (χ4v) is 3.98. The highest BCUT2D eigenvalue weighted by Crippen LogP contribution is 2.79. The summed E-state index contributed by atoms with van der Waals surface area (Å²) in [5.41, 5.74) is -3.65. The molecule has 3 N–H and O–H groups in total. The van der Waals surface area contributed by atoms with Crippen molar-refractivity contribution >= 4 is 0 Å². The number of aliphatic hydroxyl groups is 2. The van der Waals surface area contributed by atoms with Crippen molar-refractivity contribution in [2.24, 2.45) is 10.8 Å². The first kappa shape index (κ1) is 13.2. The van der Waals surface area contributed by atoms with E-state index in [0.717, 1.165) is 0 Å². The Bertz CT molecular complexity index is 730. The van der Waals surface area contributed by atoms with Gasteiger partial charge in [0.05, 0.1) is 6.61 Å². The minimum absolute atomic E-state index is 0.187. The van der Waals surface area contributed by atoms with Gasteiger partial charge in [0.1, 0.15) is 5.60 Å². The highest BCUT2D eigenvalue weighted by atomic mass is 16.3. The van der Waals surface area contributed by atoms with Gasteiger partial charge in [0.15, 0.2) is 0 Å². The van der Waals surface area contributed by atoms with E-state index in [1.165, 1.54) is 16.8 Å².